The summed E-state index contributed by atoms with van der Waals surface area (Å²) in [5, 5.41) is 0. The van der Waals surface area contributed by atoms with Crippen LogP contribution in [0.2, 0.25) is 19.6 Å². The summed E-state index contributed by atoms with van der Waals surface area (Å²) in [5.74, 6) is 0. The Bertz CT molecular complexity index is 342. The first-order valence-corrected chi connectivity index (χ1v) is 10.4. The molecule has 1 aromatic carbocycles. The standard InChI is InChI=1S/C12H19NSSi/c1-5-10-13-11-8-6-7-9-12(11)14-15(2,3)4/h6-10H,5H2,1-4H3/b13-10+. The van der Waals surface area contributed by atoms with E-state index in [0.717, 1.165) is 12.1 Å². The molecule has 0 unspecified atom stereocenters. The Balaban J connectivity index is 2.91. The monoisotopic (exact) mass is 237 g/mol. The SMILES string of the molecule is CC/C=N/c1ccccc1S[Si](C)(C)C. The summed E-state index contributed by atoms with van der Waals surface area (Å²) in [5.41, 5.74) is 1.12. The van der Waals surface area contributed by atoms with Crippen LogP contribution < -0.4 is 0 Å². The minimum atomic E-state index is -1.13. The van der Waals surface area contributed by atoms with Crippen molar-refractivity contribution in [1.29, 1.82) is 0 Å². The predicted octanol–water partition coefficient (Wildman–Crippen LogP) is 4.73. The van der Waals surface area contributed by atoms with E-state index in [0.29, 0.717) is 0 Å². The first-order valence-electron chi connectivity index (χ1n) is 5.33. The van der Waals surface area contributed by atoms with Crippen LogP contribution in [0.5, 0.6) is 0 Å². The lowest BCUT2D eigenvalue weighted by Crippen LogP contribution is -2.13. The van der Waals surface area contributed by atoms with Gasteiger partial charge in [-0.05, 0) is 18.6 Å². The summed E-state index contributed by atoms with van der Waals surface area (Å²) in [6.45, 7) is 9.19. The van der Waals surface area contributed by atoms with Gasteiger partial charge in [-0.15, -0.1) is 11.2 Å². The molecular weight excluding hydrogens is 218 g/mol. The summed E-state index contributed by atoms with van der Waals surface area (Å²) in [6, 6.07) is 8.41. The van der Waals surface area contributed by atoms with Gasteiger partial charge in [-0.3, -0.25) is 4.99 Å². The second kappa shape index (κ2) is 5.52. The zero-order valence-corrected chi connectivity index (χ0v) is 11.8. The van der Waals surface area contributed by atoms with Crippen molar-refractivity contribution >= 4 is 30.3 Å². The van der Waals surface area contributed by atoms with E-state index in [9.17, 15) is 0 Å². The molecule has 3 heteroatoms. The van der Waals surface area contributed by atoms with E-state index in [-0.39, 0.29) is 0 Å². The molecule has 15 heavy (non-hydrogen) atoms. The Labute approximate surface area is 97.7 Å². The van der Waals surface area contributed by atoms with E-state index in [1.54, 1.807) is 0 Å². The second-order valence-electron chi connectivity index (χ2n) is 4.40. The smallest absolute Gasteiger partial charge is 0.114 e. The number of aliphatic imine (C=N–C) groups is 1. The van der Waals surface area contributed by atoms with Crippen LogP contribution in [0.4, 0.5) is 5.69 Å². The fourth-order valence-electron chi connectivity index (χ4n) is 1.17. The first kappa shape index (κ1) is 12.5. The molecular formula is C12H19NSSi. The van der Waals surface area contributed by atoms with Gasteiger partial charge in [0.15, 0.2) is 0 Å². The average molecular weight is 237 g/mol. The van der Waals surface area contributed by atoms with Gasteiger partial charge in [0.25, 0.3) is 0 Å². The Kier molecular flexibility index (Phi) is 4.61. The molecule has 0 heterocycles. The fraction of sp³-hybridized carbons (Fsp3) is 0.417. The lowest BCUT2D eigenvalue weighted by molar-refractivity contribution is 1.29. The highest BCUT2D eigenvalue weighted by Crippen LogP contribution is 2.35. The third-order valence-corrected chi connectivity index (χ3v) is 5.37. The van der Waals surface area contributed by atoms with Crippen molar-refractivity contribution in [1.82, 2.24) is 0 Å². The summed E-state index contributed by atoms with van der Waals surface area (Å²) in [4.78, 5) is 5.81. The highest BCUT2D eigenvalue weighted by Gasteiger charge is 2.16. The van der Waals surface area contributed by atoms with Gasteiger partial charge in [-0.2, -0.15) is 0 Å². The highest BCUT2D eigenvalue weighted by molar-refractivity contribution is 8.28. The Morgan fingerprint density at radius 2 is 1.93 bits per heavy atom. The average Bonchev–Trinajstić information content (AvgIpc) is 2.14. The van der Waals surface area contributed by atoms with Crippen LogP contribution in [0.25, 0.3) is 0 Å². The van der Waals surface area contributed by atoms with Crippen molar-refractivity contribution in [2.45, 2.75) is 37.9 Å². The summed E-state index contributed by atoms with van der Waals surface area (Å²) < 4.78 is 0. The number of para-hydroxylation sites is 1. The molecule has 0 amide bonds. The first-order chi connectivity index (χ1) is 7.03. The number of benzene rings is 1. The van der Waals surface area contributed by atoms with Crippen LogP contribution in [-0.2, 0) is 0 Å². The maximum Gasteiger partial charge on any atom is 0.114 e. The topological polar surface area (TPSA) is 12.4 Å². The predicted molar refractivity (Wildman–Crippen MR) is 74.1 cm³/mol. The van der Waals surface area contributed by atoms with E-state index in [2.05, 4.69) is 55.8 Å². The van der Waals surface area contributed by atoms with Crippen LogP contribution in [-0.4, -0.2) is 13.4 Å². The van der Waals surface area contributed by atoms with Crippen LogP contribution in [0.15, 0.2) is 34.2 Å². The molecule has 1 rings (SSSR count). The Hall–Kier alpha value is -0.543. The molecule has 0 N–H and O–H groups in total. The molecule has 0 atom stereocenters. The van der Waals surface area contributed by atoms with Gasteiger partial charge >= 0.3 is 0 Å². The minimum absolute atomic E-state index is 0.992. The van der Waals surface area contributed by atoms with Crippen LogP contribution in [0.1, 0.15) is 13.3 Å². The van der Waals surface area contributed by atoms with Crippen LogP contribution in [0.3, 0.4) is 0 Å². The molecule has 0 aliphatic rings. The fourth-order valence-corrected chi connectivity index (χ4v) is 4.70. The lowest BCUT2D eigenvalue weighted by Gasteiger charge is -2.16. The van der Waals surface area contributed by atoms with E-state index < -0.39 is 7.22 Å². The van der Waals surface area contributed by atoms with Gasteiger partial charge in [0.05, 0.1) is 5.69 Å². The van der Waals surface area contributed by atoms with E-state index in [4.69, 9.17) is 0 Å². The molecule has 82 valence electrons. The molecule has 0 radical (unpaired) electrons. The molecule has 0 aromatic heterocycles. The minimum Gasteiger partial charge on any atom is -0.260 e. The van der Waals surface area contributed by atoms with Gasteiger partial charge in [0.2, 0.25) is 0 Å². The zero-order chi connectivity index (χ0) is 11.3. The normalized spacial score (nSPS) is 12.3. The van der Waals surface area contributed by atoms with Crippen molar-refractivity contribution < 1.29 is 0 Å². The molecule has 1 nitrogen and oxygen atoms in total. The van der Waals surface area contributed by atoms with Crippen LogP contribution >= 0.6 is 11.2 Å². The molecule has 0 fully saturated rings. The summed E-state index contributed by atoms with van der Waals surface area (Å²) >= 11 is 2.00. The molecule has 0 aliphatic heterocycles. The third-order valence-electron chi connectivity index (χ3n) is 1.69. The van der Waals surface area contributed by atoms with E-state index in [1.165, 1.54) is 4.90 Å². The largest absolute Gasteiger partial charge is 0.260 e. The van der Waals surface area contributed by atoms with E-state index in [1.807, 2.05) is 17.4 Å². The summed E-state index contributed by atoms with van der Waals surface area (Å²) in [6.07, 6.45) is 2.97. The van der Waals surface area contributed by atoms with Gasteiger partial charge in [-0.25, -0.2) is 0 Å². The van der Waals surface area contributed by atoms with Crippen molar-refractivity contribution in [3.63, 3.8) is 0 Å². The second-order valence-corrected chi connectivity index (χ2v) is 13.6. The van der Waals surface area contributed by atoms with Gasteiger partial charge in [-0.1, -0.05) is 38.7 Å². The van der Waals surface area contributed by atoms with Crippen molar-refractivity contribution in [3.8, 4) is 0 Å². The van der Waals surface area contributed by atoms with Crippen molar-refractivity contribution in [3.05, 3.63) is 24.3 Å². The molecule has 0 aliphatic carbocycles. The van der Waals surface area contributed by atoms with Gasteiger partial charge in [0.1, 0.15) is 7.22 Å². The number of hydrogen-bond donors (Lipinski definition) is 0. The number of nitrogens with zero attached hydrogens (tertiary/aromatic N) is 1. The quantitative estimate of drug-likeness (QED) is 0.545. The van der Waals surface area contributed by atoms with Crippen LogP contribution in [0, 0.1) is 0 Å². The Morgan fingerprint density at radius 1 is 1.27 bits per heavy atom. The maximum absolute atomic E-state index is 4.49. The molecule has 0 saturated carbocycles. The maximum atomic E-state index is 4.49. The number of rotatable bonds is 4. The van der Waals surface area contributed by atoms with Crippen molar-refractivity contribution in [2.24, 2.45) is 4.99 Å². The Morgan fingerprint density at radius 3 is 2.53 bits per heavy atom. The zero-order valence-electron chi connectivity index (χ0n) is 9.95. The van der Waals surface area contributed by atoms with E-state index >= 15 is 0 Å². The van der Waals surface area contributed by atoms with Gasteiger partial charge in [0, 0.05) is 11.1 Å². The molecule has 1 aromatic rings. The molecule has 0 spiro atoms. The number of hydrogen-bond acceptors (Lipinski definition) is 2. The molecule has 0 bridgehead atoms. The lowest BCUT2D eigenvalue weighted by atomic mass is 10.3. The third kappa shape index (κ3) is 4.67. The molecule has 0 saturated heterocycles. The van der Waals surface area contributed by atoms with Gasteiger partial charge < -0.3 is 0 Å². The summed E-state index contributed by atoms with van der Waals surface area (Å²) in [7, 11) is -1.13. The van der Waals surface area contributed by atoms with Crippen molar-refractivity contribution in [2.75, 3.05) is 0 Å². The highest BCUT2D eigenvalue weighted by atomic mass is 32.4.